The van der Waals surface area contributed by atoms with Crippen molar-refractivity contribution in [3.63, 3.8) is 0 Å². The summed E-state index contributed by atoms with van der Waals surface area (Å²) < 4.78 is 5.62. The van der Waals surface area contributed by atoms with Gasteiger partial charge in [0, 0.05) is 51.6 Å². The molecule has 2 aliphatic heterocycles. The number of hydrogen-bond donors (Lipinski definition) is 0. The van der Waals surface area contributed by atoms with E-state index in [9.17, 15) is 0 Å². The molecule has 25 heavy (non-hydrogen) atoms. The van der Waals surface area contributed by atoms with Crippen molar-refractivity contribution in [3.05, 3.63) is 30.1 Å². The molecule has 0 radical (unpaired) electrons. The minimum absolute atomic E-state index is 0.467. The predicted molar refractivity (Wildman–Crippen MR) is 100 cm³/mol. The van der Waals surface area contributed by atoms with Gasteiger partial charge in [0.2, 0.25) is 0 Å². The van der Waals surface area contributed by atoms with Crippen molar-refractivity contribution in [1.29, 1.82) is 0 Å². The highest BCUT2D eigenvalue weighted by molar-refractivity contribution is 5.10. The Labute approximate surface area is 152 Å². The summed E-state index contributed by atoms with van der Waals surface area (Å²) in [5.41, 5.74) is 1.80. The molecule has 0 aromatic carbocycles. The van der Waals surface area contributed by atoms with Gasteiger partial charge < -0.3 is 9.64 Å². The van der Waals surface area contributed by atoms with Gasteiger partial charge in [-0.05, 0) is 61.7 Å². The molecule has 3 heterocycles. The Morgan fingerprint density at radius 2 is 2.08 bits per heavy atom. The lowest BCUT2D eigenvalue weighted by Crippen LogP contribution is -2.46. The molecule has 0 bridgehead atoms. The highest BCUT2D eigenvalue weighted by atomic mass is 16.5. The van der Waals surface area contributed by atoms with E-state index in [2.05, 4.69) is 20.9 Å². The summed E-state index contributed by atoms with van der Waals surface area (Å²) in [6, 6.07) is 4.25. The van der Waals surface area contributed by atoms with Crippen LogP contribution in [0.4, 0.5) is 0 Å². The zero-order valence-corrected chi connectivity index (χ0v) is 15.7. The van der Waals surface area contributed by atoms with Crippen molar-refractivity contribution < 1.29 is 4.74 Å². The smallest absolute Gasteiger partial charge is 0.0508 e. The van der Waals surface area contributed by atoms with Crippen molar-refractivity contribution in [2.45, 2.75) is 38.6 Å². The molecule has 1 aromatic heterocycles. The van der Waals surface area contributed by atoms with Crippen molar-refractivity contribution in [1.82, 2.24) is 14.8 Å². The van der Waals surface area contributed by atoms with Gasteiger partial charge in [-0.15, -0.1) is 0 Å². The lowest BCUT2D eigenvalue weighted by atomic mass is 9.71. The van der Waals surface area contributed by atoms with E-state index in [0.717, 1.165) is 19.1 Å². The molecule has 1 aliphatic carbocycles. The van der Waals surface area contributed by atoms with Crippen LogP contribution in [0.5, 0.6) is 0 Å². The Morgan fingerprint density at radius 3 is 2.72 bits per heavy atom. The molecule has 138 valence electrons. The first-order chi connectivity index (χ1) is 12.3. The number of likely N-dealkylation sites (tertiary alicyclic amines) is 2. The van der Waals surface area contributed by atoms with Crippen LogP contribution in [0.25, 0.3) is 0 Å². The number of piperidine rings is 1. The number of aromatic nitrogens is 1. The second kappa shape index (κ2) is 7.73. The number of methoxy groups -OCH3 is 1. The van der Waals surface area contributed by atoms with Gasteiger partial charge in [-0.1, -0.05) is 12.5 Å². The fourth-order valence-electron chi connectivity index (χ4n) is 5.23. The summed E-state index contributed by atoms with van der Waals surface area (Å²) in [4.78, 5) is 9.66. The largest absolute Gasteiger partial charge is 0.384 e. The molecule has 4 nitrogen and oxygen atoms in total. The molecule has 2 saturated heterocycles. The molecule has 0 amide bonds. The molecular formula is C21H33N3O. The van der Waals surface area contributed by atoms with E-state index in [-0.39, 0.29) is 0 Å². The number of ether oxygens (including phenoxy) is 1. The molecule has 1 spiro atoms. The third-order valence-electron chi connectivity index (χ3n) is 6.97. The zero-order valence-electron chi connectivity index (χ0n) is 15.7. The molecule has 1 saturated carbocycles. The van der Waals surface area contributed by atoms with E-state index in [1.54, 1.807) is 0 Å². The van der Waals surface area contributed by atoms with Gasteiger partial charge >= 0.3 is 0 Å². The molecule has 0 unspecified atom stereocenters. The molecular weight excluding hydrogens is 310 g/mol. The fraction of sp³-hybridized carbons (Fsp3) is 0.762. The van der Waals surface area contributed by atoms with Crippen molar-refractivity contribution in [3.8, 4) is 0 Å². The summed E-state index contributed by atoms with van der Waals surface area (Å²) in [6.45, 7) is 8.27. The van der Waals surface area contributed by atoms with Crippen molar-refractivity contribution >= 4 is 0 Å². The highest BCUT2D eigenvalue weighted by Crippen LogP contribution is 2.45. The van der Waals surface area contributed by atoms with Gasteiger partial charge in [-0.3, -0.25) is 9.88 Å². The SMILES string of the molecule is COC[C@H]1CN(Cc2cccnc2)CC12CCN(CC1CCC1)CC2. The topological polar surface area (TPSA) is 28.6 Å². The first-order valence-corrected chi connectivity index (χ1v) is 10.1. The molecule has 1 aromatic rings. The molecule has 1 atom stereocenters. The van der Waals surface area contributed by atoms with Crippen LogP contribution in [-0.2, 0) is 11.3 Å². The Morgan fingerprint density at radius 1 is 1.24 bits per heavy atom. The van der Waals surface area contributed by atoms with Crippen LogP contribution in [0.2, 0.25) is 0 Å². The van der Waals surface area contributed by atoms with Gasteiger partial charge in [0.1, 0.15) is 0 Å². The Bertz CT molecular complexity index is 537. The second-order valence-corrected chi connectivity index (χ2v) is 8.64. The lowest BCUT2D eigenvalue weighted by Gasteiger charge is -2.44. The monoisotopic (exact) mass is 343 g/mol. The zero-order chi connectivity index (χ0) is 17.1. The van der Waals surface area contributed by atoms with Crippen LogP contribution in [0, 0.1) is 17.3 Å². The molecule has 3 aliphatic rings. The minimum Gasteiger partial charge on any atom is -0.384 e. The average molecular weight is 344 g/mol. The summed E-state index contributed by atoms with van der Waals surface area (Å²) >= 11 is 0. The summed E-state index contributed by atoms with van der Waals surface area (Å²) in [5.74, 6) is 1.68. The number of rotatable bonds is 6. The first-order valence-electron chi connectivity index (χ1n) is 10.1. The van der Waals surface area contributed by atoms with Gasteiger partial charge in [-0.25, -0.2) is 0 Å². The van der Waals surface area contributed by atoms with Crippen LogP contribution >= 0.6 is 0 Å². The fourth-order valence-corrected chi connectivity index (χ4v) is 5.23. The number of hydrogen-bond acceptors (Lipinski definition) is 4. The quantitative estimate of drug-likeness (QED) is 0.794. The standard InChI is InChI=1S/C21H33N3O/c1-25-16-20-15-24(14-19-6-3-9-22-12-19)17-21(20)7-10-23(11-8-21)13-18-4-2-5-18/h3,6,9,12,18,20H,2,4-5,7-8,10-11,13-17H2,1H3/t20-/m1/s1. The molecule has 0 N–H and O–H groups in total. The number of nitrogens with zero attached hydrogens (tertiary/aromatic N) is 3. The van der Waals surface area contributed by atoms with Gasteiger partial charge in [0.05, 0.1) is 6.61 Å². The van der Waals surface area contributed by atoms with Crippen LogP contribution in [-0.4, -0.2) is 61.2 Å². The van der Waals surface area contributed by atoms with E-state index in [4.69, 9.17) is 4.74 Å². The predicted octanol–water partition coefficient (Wildman–Crippen LogP) is 3.04. The van der Waals surface area contributed by atoms with E-state index in [0.29, 0.717) is 11.3 Å². The second-order valence-electron chi connectivity index (χ2n) is 8.64. The van der Waals surface area contributed by atoms with Crippen LogP contribution in [0.1, 0.15) is 37.7 Å². The van der Waals surface area contributed by atoms with Gasteiger partial charge in [0.25, 0.3) is 0 Å². The van der Waals surface area contributed by atoms with Crippen LogP contribution < -0.4 is 0 Å². The van der Waals surface area contributed by atoms with Crippen molar-refractivity contribution in [2.24, 2.45) is 17.3 Å². The Kier molecular flexibility index (Phi) is 5.39. The Hall–Kier alpha value is -0.970. The normalized spacial score (nSPS) is 27.6. The van der Waals surface area contributed by atoms with Crippen LogP contribution in [0.3, 0.4) is 0 Å². The molecule has 4 rings (SSSR count). The van der Waals surface area contributed by atoms with Gasteiger partial charge in [0.15, 0.2) is 0 Å². The average Bonchev–Trinajstić information content (AvgIpc) is 2.91. The maximum absolute atomic E-state index is 5.62. The maximum Gasteiger partial charge on any atom is 0.0508 e. The third kappa shape index (κ3) is 3.91. The third-order valence-corrected chi connectivity index (χ3v) is 6.97. The lowest BCUT2D eigenvalue weighted by molar-refractivity contribution is 0.0281. The number of pyridine rings is 1. The van der Waals surface area contributed by atoms with Crippen molar-refractivity contribution in [2.75, 3.05) is 46.4 Å². The van der Waals surface area contributed by atoms with E-state index >= 15 is 0 Å². The molecule has 4 heteroatoms. The van der Waals surface area contributed by atoms with E-state index in [1.165, 1.54) is 70.4 Å². The van der Waals surface area contributed by atoms with E-state index < -0.39 is 0 Å². The minimum atomic E-state index is 0.467. The van der Waals surface area contributed by atoms with Gasteiger partial charge in [-0.2, -0.15) is 0 Å². The molecule has 3 fully saturated rings. The van der Waals surface area contributed by atoms with E-state index in [1.807, 2.05) is 25.6 Å². The summed E-state index contributed by atoms with van der Waals surface area (Å²) in [7, 11) is 1.86. The summed E-state index contributed by atoms with van der Waals surface area (Å²) in [5, 5.41) is 0. The van der Waals surface area contributed by atoms with Crippen LogP contribution in [0.15, 0.2) is 24.5 Å². The first kappa shape index (κ1) is 17.4. The summed E-state index contributed by atoms with van der Waals surface area (Å²) in [6.07, 6.45) is 11.0. The Balaban J connectivity index is 1.37. The highest BCUT2D eigenvalue weighted by Gasteiger charge is 2.47. The maximum atomic E-state index is 5.62.